The van der Waals surface area contributed by atoms with E-state index < -0.39 is 0 Å². The number of carbonyl (C=O) groups is 1. The largest absolute Gasteiger partial charge is 0.337 e. The maximum absolute atomic E-state index is 12.7. The average Bonchev–Trinajstić information content (AvgIpc) is 3.12. The summed E-state index contributed by atoms with van der Waals surface area (Å²) >= 11 is 1.73. The molecular formula is C16H24N2OS. The predicted octanol–water partition coefficient (Wildman–Crippen LogP) is 2.84. The minimum Gasteiger partial charge on any atom is -0.337 e. The van der Waals surface area contributed by atoms with Crippen molar-refractivity contribution < 1.29 is 4.79 Å². The molecule has 20 heavy (non-hydrogen) atoms. The van der Waals surface area contributed by atoms with Gasteiger partial charge >= 0.3 is 0 Å². The van der Waals surface area contributed by atoms with Crippen molar-refractivity contribution in [2.45, 2.75) is 51.5 Å². The Hall–Kier alpha value is -0.870. The first-order chi connectivity index (χ1) is 9.78. The molecule has 4 heteroatoms. The summed E-state index contributed by atoms with van der Waals surface area (Å²) in [7, 11) is 0. The lowest BCUT2D eigenvalue weighted by Crippen LogP contribution is -2.40. The first-order valence-corrected chi connectivity index (χ1v) is 8.74. The molecule has 0 radical (unpaired) electrons. The molecule has 3 rings (SSSR count). The van der Waals surface area contributed by atoms with Crippen molar-refractivity contribution in [3.63, 3.8) is 0 Å². The molecule has 0 spiro atoms. The first-order valence-electron chi connectivity index (χ1n) is 7.92. The van der Waals surface area contributed by atoms with Crippen molar-refractivity contribution in [2.24, 2.45) is 0 Å². The number of nitrogens with one attached hydrogen (secondary N) is 1. The molecule has 1 aromatic rings. The Morgan fingerprint density at radius 2 is 2.25 bits per heavy atom. The van der Waals surface area contributed by atoms with Gasteiger partial charge in [0.2, 0.25) is 0 Å². The normalized spacial score (nSPS) is 21.8. The van der Waals surface area contributed by atoms with Crippen LogP contribution >= 0.6 is 11.3 Å². The van der Waals surface area contributed by atoms with Gasteiger partial charge in [0.1, 0.15) is 0 Å². The van der Waals surface area contributed by atoms with Crippen LogP contribution in [-0.2, 0) is 12.8 Å². The van der Waals surface area contributed by atoms with Crippen LogP contribution in [0.2, 0.25) is 0 Å². The molecule has 3 nitrogen and oxygen atoms in total. The van der Waals surface area contributed by atoms with Gasteiger partial charge in [0.25, 0.3) is 5.91 Å². The van der Waals surface area contributed by atoms with Gasteiger partial charge in [0, 0.05) is 24.0 Å². The predicted molar refractivity (Wildman–Crippen MR) is 83.6 cm³/mol. The number of aryl methyl sites for hydroxylation is 2. The smallest absolute Gasteiger partial charge is 0.263 e. The third-order valence-corrected chi connectivity index (χ3v) is 5.70. The Kier molecular flexibility index (Phi) is 4.41. The fourth-order valence-corrected chi connectivity index (χ4v) is 4.51. The second-order valence-electron chi connectivity index (χ2n) is 5.90. The molecule has 1 aromatic heterocycles. The molecule has 1 N–H and O–H groups in total. The molecule has 0 saturated carbocycles. The Morgan fingerprint density at radius 3 is 2.95 bits per heavy atom. The van der Waals surface area contributed by atoms with E-state index in [9.17, 15) is 4.79 Å². The standard InChI is InChI=1S/C16H24N2OS/c1-2-18(11-13-7-5-9-17-13)16(19)15-10-12-6-3-4-8-14(12)20-15/h10,13,17H,2-9,11H2,1H3. The van der Waals surface area contributed by atoms with E-state index in [0.29, 0.717) is 6.04 Å². The number of thiophene rings is 1. The van der Waals surface area contributed by atoms with E-state index in [2.05, 4.69) is 18.3 Å². The zero-order valence-corrected chi connectivity index (χ0v) is 13.1. The number of carbonyl (C=O) groups excluding carboxylic acids is 1. The lowest BCUT2D eigenvalue weighted by Gasteiger charge is -2.24. The summed E-state index contributed by atoms with van der Waals surface area (Å²) < 4.78 is 0. The number of likely N-dealkylation sites (N-methyl/N-ethyl adjacent to an activating group) is 1. The lowest BCUT2D eigenvalue weighted by atomic mass is 9.99. The molecular weight excluding hydrogens is 268 g/mol. The molecule has 1 aliphatic carbocycles. The Bertz CT molecular complexity index is 453. The second kappa shape index (κ2) is 6.27. The van der Waals surface area contributed by atoms with Gasteiger partial charge in [0.15, 0.2) is 0 Å². The van der Waals surface area contributed by atoms with E-state index in [1.807, 2.05) is 4.90 Å². The SMILES string of the molecule is CCN(CC1CCCN1)C(=O)c1cc2c(s1)CCCC2. The summed E-state index contributed by atoms with van der Waals surface area (Å²) in [5.41, 5.74) is 1.43. The Morgan fingerprint density at radius 1 is 1.40 bits per heavy atom. The van der Waals surface area contributed by atoms with Crippen LogP contribution < -0.4 is 5.32 Å². The quantitative estimate of drug-likeness (QED) is 0.925. The third-order valence-electron chi connectivity index (χ3n) is 4.48. The Balaban J connectivity index is 1.70. The van der Waals surface area contributed by atoms with Gasteiger partial charge in [-0.3, -0.25) is 4.79 Å². The minimum absolute atomic E-state index is 0.237. The highest BCUT2D eigenvalue weighted by molar-refractivity contribution is 7.14. The fourth-order valence-electron chi connectivity index (χ4n) is 3.29. The van der Waals surface area contributed by atoms with E-state index in [1.54, 1.807) is 11.3 Å². The molecule has 2 aliphatic rings. The zero-order chi connectivity index (χ0) is 13.9. The first kappa shape index (κ1) is 14.1. The van der Waals surface area contributed by atoms with Crippen LogP contribution in [0.15, 0.2) is 6.07 Å². The van der Waals surface area contributed by atoms with Crippen LogP contribution in [0.25, 0.3) is 0 Å². The van der Waals surface area contributed by atoms with Crippen LogP contribution in [0.1, 0.15) is 52.7 Å². The monoisotopic (exact) mass is 292 g/mol. The highest BCUT2D eigenvalue weighted by Crippen LogP contribution is 2.30. The molecule has 0 aromatic carbocycles. The molecule has 110 valence electrons. The summed E-state index contributed by atoms with van der Waals surface area (Å²) in [6.45, 7) is 4.85. The maximum atomic E-state index is 12.7. The summed E-state index contributed by atoms with van der Waals surface area (Å²) in [6.07, 6.45) is 7.33. The van der Waals surface area contributed by atoms with Crippen LogP contribution in [0, 0.1) is 0 Å². The van der Waals surface area contributed by atoms with Gasteiger partial charge in [-0.05, 0) is 63.6 Å². The van der Waals surface area contributed by atoms with Gasteiger partial charge in [-0.25, -0.2) is 0 Å². The molecule has 1 atom stereocenters. The van der Waals surface area contributed by atoms with Gasteiger partial charge in [0.05, 0.1) is 4.88 Å². The van der Waals surface area contributed by atoms with Crippen LogP contribution in [-0.4, -0.2) is 36.5 Å². The van der Waals surface area contributed by atoms with Crippen molar-refractivity contribution >= 4 is 17.2 Å². The number of hydrogen-bond acceptors (Lipinski definition) is 3. The summed E-state index contributed by atoms with van der Waals surface area (Å²) in [4.78, 5) is 17.1. The van der Waals surface area contributed by atoms with Crippen LogP contribution in [0.4, 0.5) is 0 Å². The molecule has 1 fully saturated rings. The Labute approximate surface area is 125 Å². The van der Waals surface area contributed by atoms with Crippen molar-refractivity contribution in [2.75, 3.05) is 19.6 Å². The minimum atomic E-state index is 0.237. The number of rotatable bonds is 4. The fraction of sp³-hybridized carbons (Fsp3) is 0.688. The van der Waals surface area contributed by atoms with Crippen LogP contribution in [0.5, 0.6) is 0 Å². The zero-order valence-electron chi connectivity index (χ0n) is 12.3. The average molecular weight is 292 g/mol. The molecule has 2 heterocycles. The number of fused-ring (bicyclic) bond motifs is 1. The summed E-state index contributed by atoms with van der Waals surface area (Å²) in [5, 5.41) is 3.49. The maximum Gasteiger partial charge on any atom is 0.263 e. The van der Waals surface area contributed by atoms with Crippen molar-refractivity contribution in [3.8, 4) is 0 Å². The van der Waals surface area contributed by atoms with E-state index in [1.165, 1.54) is 42.5 Å². The van der Waals surface area contributed by atoms with E-state index in [0.717, 1.165) is 30.9 Å². The summed E-state index contributed by atoms with van der Waals surface area (Å²) in [6, 6.07) is 2.65. The van der Waals surface area contributed by atoms with Gasteiger partial charge in [-0.15, -0.1) is 11.3 Å². The summed E-state index contributed by atoms with van der Waals surface area (Å²) in [5.74, 6) is 0.237. The number of hydrogen-bond donors (Lipinski definition) is 1. The third kappa shape index (κ3) is 2.91. The lowest BCUT2D eigenvalue weighted by molar-refractivity contribution is 0.0756. The molecule has 1 saturated heterocycles. The van der Waals surface area contributed by atoms with Crippen molar-refractivity contribution in [1.82, 2.24) is 10.2 Å². The van der Waals surface area contributed by atoms with Crippen molar-refractivity contribution in [3.05, 3.63) is 21.4 Å². The highest BCUT2D eigenvalue weighted by Gasteiger charge is 2.24. The number of amides is 1. The van der Waals surface area contributed by atoms with E-state index in [4.69, 9.17) is 0 Å². The van der Waals surface area contributed by atoms with Crippen molar-refractivity contribution in [1.29, 1.82) is 0 Å². The second-order valence-corrected chi connectivity index (χ2v) is 7.04. The topological polar surface area (TPSA) is 32.3 Å². The molecule has 1 amide bonds. The van der Waals surface area contributed by atoms with E-state index in [-0.39, 0.29) is 5.91 Å². The molecule has 0 bridgehead atoms. The van der Waals surface area contributed by atoms with Gasteiger partial charge < -0.3 is 10.2 Å². The van der Waals surface area contributed by atoms with Gasteiger partial charge in [-0.1, -0.05) is 0 Å². The van der Waals surface area contributed by atoms with Gasteiger partial charge in [-0.2, -0.15) is 0 Å². The molecule has 1 aliphatic heterocycles. The highest BCUT2D eigenvalue weighted by atomic mass is 32.1. The van der Waals surface area contributed by atoms with Crippen LogP contribution in [0.3, 0.4) is 0 Å². The molecule has 1 unspecified atom stereocenters. The van der Waals surface area contributed by atoms with E-state index >= 15 is 0 Å². The number of nitrogens with zero attached hydrogens (tertiary/aromatic N) is 1.